The number of carbonyl (C=O) groups is 1. The van der Waals surface area contributed by atoms with Crippen molar-refractivity contribution in [3.8, 4) is 0 Å². The molecule has 4 fully saturated rings. The topological polar surface area (TPSA) is 29.1 Å². The number of hydrogen-bond acceptors (Lipinski definition) is 2. The van der Waals surface area contributed by atoms with Crippen LogP contribution in [0.15, 0.2) is 18.2 Å². The van der Waals surface area contributed by atoms with Crippen molar-refractivity contribution in [1.82, 2.24) is 5.32 Å². The number of carbonyl (C=O) groups excluding carboxylic acids is 1. The number of benzene rings is 1. The fourth-order valence-corrected chi connectivity index (χ4v) is 4.76. The zero-order valence-electron chi connectivity index (χ0n) is 12.9. The van der Waals surface area contributed by atoms with E-state index in [-0.39, 0.29) is 23.1 Å². The van der Waals surface area contributed by atoms with E-state index in [4.69, 9.17) is 0 Å². The van der Waals surface area contributed by atoms with E-state index in [0.717, 1.165) is 30.5 Å². The van der Waals surface area contributed by atoms with E-state index >= 15 is 0 Å². The van der Waals surface area contributed by atoms with Gasteiger partial charge in [-0.25, -0.2) is 4.39 Å². The average molecular weight is 299 g/mol. The number of nitrogens with one attached hydrogen (secondary N) is 1. The summed E-state index contributed by atoms with van der Waals surface area (Å²) in [6, 6.07) is 6.11. The number of rotatable bonds is 4. The first kappa shape index (κ1) is 13.2. The standard InChI is InChI=1S/C19H22FNO/c1-10-6-13(10)18(22)15-9-21-17-8-19(15,17)14-5-4-12(7-16(14)20)11-2-3-11/h4-5,7,10-11,13,15,17,21H,2-3,6,8-9H2,1H3/t10?,13?,15-,17?,19?/m1/s1. The molecule has 0 radical (unpaired) electrons. The summed E-state index contributed by atoms with van der Waals surface area (Å²) in [5, 5.41) is 3.45. The van der Waals surface area contributed by atoms with Gasteiger partial charge in [0.15, 0.2) is 0 Å². The van der Waals surface area contributed by atoms with E-state index in [2.05, 4.69) is 18.3 Å². The van der Waals surface area contributed by atoms with Crippen molar-refractivity contribution in [3.63, 3.8) is 0 Å². The van der Waals surface area contributed by atoms with Crippen LogP contribution in [-0.4, -0.2) is 18.4 Å². The van der Waals surface area contributed by atoms with Gasteiger partial charge in [0.05, 0.1) is 0 Å². The van der Waals surface area contributed by atoms with Crippen molar-refractivity contribution in [1.29, 1.82) is 0 Å². The molecule has 5 atom stereocenters. The lowest BCUT2D eigenvalue weighted by Crippen LogP contribution is -2.32. The maximum atomic E-state index is 14.8. The predicted molar refractivity (Wildman–Crippen MR) is 82.2 cm³/mol. The minimum Gasteiger partial charge on any atom is -0.312 e. The Morgan fingerprint density at radius 2 is 2.14 bits per heavy atom. The van der Waals surface area contributed by atoms with E-state index < -0.39 is 0 Å². The summed E-state index contributed by atoms with van der Waals surface area (Å²) in [5.74, 6) is 1.61. The molecular weight excluding hydrogens is 277 g/mol. The molecule has 116 valence electrons. The van der Waals surface area contributed by atoms with Crippen LogP contribution < -0.4 is 5.32 Å². The lowest BCUT2D eigenvalue weighted by molar-refractivity contribution is -0.124. The molecule has 3 saturated carbocycles. The van der Waals surface area contributed by atoms with Gasteiger partial charge in [-0.15, -0.1) is 0 Å². The molecule has 2 nitrogen and oxygen atoms in total. The molecule has 0 spiro atoms. The number of hydrogen-bond donors (Lipinski definition) is 1. The Labute approximate surface area is 130 Å². The number of halogens is 1. The molecule has 0 amide bonds. The maximum Gasteiger partial charge on any atom is 0.141 e. The lowest BCUT2D eigenvalue weighted by atomic mass is 9.79. The van der Waals surface area contributed by atoms with Crippen LogP contribution in [0.2, 0.25) is 0 Å². The monoisotopic (exact) mass is 299 g/mol. The van der Waals surface area contributed by atoms with E-state index in [9.17, 15) is 9.18 Å². The van der Waals surface area contributed by atoms with Crippen molar-refractivity contribution in [2.75, 3.05) is 6.54 Å². The Hall–Kier alpha value is -1.22. The van der Waals surface area contributed by atoms with Crippen LogP contribution in [0.4, 0.5) is 4.39 Å². The first-order valence-corrected chi connectivity index (χ1v) is 8.68. The number of ketones is 1. The molecular formula is C19H22FNO. The summed E-state index contributed by atoms with van der Waals surface area (Å²) in [7, 11) is 0. The molecule has 1 aliphatic heterocycles. The number of Topliss-reactive ketones (excluding diaryl/α,β-unsaturated/α-hetero) is 1. The zero-order valence-corrected chi connectivity index (χ0v) is 12.9. The minimum atomic E-state index is -0.244. The molecule has 1 heterocycles. The summed E-state index contributed by atoms with van der Waals surface area (Å²) in [4.78, 5) is 12.8. The highest BCUT2D eigenvalue weighted by molar-refractivity contribution is 5.89. The van der Waals surface area contributed by atoms with Gasteiger partial charge in [-0.3, -0.25) is 4.79 Å². The summed E-state index contributed by atoms with van der Waals surface area (Å²) in [6.07, 6.45) is 4.33. The van der Waals surface area contributed by atoms with Crippen molar-refractivity contribution in [2.45, 2.75) is 50.0 Å². The Bertz CT molecular complexity index is 667. The molecule has 4 unspecified atom stereocenters. The second kappa shape index (κ2) is 4.19. The van der Waals surface area contributed by atoms with Gasteiger partial charge in [0, 0.05) is 29.8 Å². The van der Waals surface area contributed by atoms with Gasteiger partial charge in [0.2, 0.25) is 0 Å². The van der Waals surface area contributed by atoms with Gasteiger partial charge < -0.3 is 5.32 Å². The van der Waals surface area contributed by atoms with Gasteiger partial charge in [0.1, 0.15) is 11.6 Å². The fraction of sp³-hybridized carbons (Fsp3) is 0.632. The highest BCUT2D eigenvalue weighted by atomic mass is 19.1. The normalized spacial score (nSPS) is 42.1. The summed E-state index contributed by atoms with van der Waals surface area (Å²) < 4.78 is 14.8. The predicted octanol–water partition coefficient (Wildman–Crippen LogP) is 3.16. The molecule has 1 aromatic carbocycles. The zero-order chi connectivity index (χ0) is 15.1. The highest BCUT2D eigenvalue weighted by Gasteiger charge is 2.67. The molecule has 1 N–H and O–H groups in total. The largest absolute Gasteiger partial charge is 0.312 e. The van der Waals surface area contributed by atoms with Crippen molar-refractivity contribution >= 4 is 5.78 Å². The molecule has 1 aromatic rings. The van der Waals surface area contributed by atoms with Crippen LogP contribution in [0, 0.1) is 23.6 Å². The Morgan fingerprint density at radius 3 is 2.73 bits per heavy atom. The number of fused-ring (bicyclic) bond motifs is 1. The molecule has 3 aliphatic carbocycles. The quantitative estimate of drug-likeness (QED) is 0.925. The molecule has 22 heavy (non-hydrogen) atoms. The fourth-order valence-electron chi connectivity index (χ4n) is 4.76. The molecule has 5 rings (SSSR count). The van der Waals surface area contributed by atoms with Crippen molar-refractivity contribution in [3.05, 3.63) is 35.1 Å². The van der Waals surface area contributed by atoms with Crippen LogP contribution in [0.3, 0.4) is 0 Å². The van der Waals surface area contributed by atoms with Gasteiger partial charge in [-0.2, -0.15) is 0 Å². The third-order valence-electron chi connectivity index (χ3n) is 6.56. The van der Waals surface area contributed by atoms with Gasteiger partial charge in [-0.05, 0) is 54.7 Å². The molecule has 0 bridgehead atoms. The van der Waals surface area contributed by atoms with E-state index in [0.29, 0.717) is 23.7 Å². The van der Waals surface area contributed by atoms with Crippen LogP contribution >= 0.6 is 0 Å². The molecule has 4 aliphatic rings. The first-order valence-electron chi connectivity index (χ1n) is 8.68. The summed E-state index contributed by atoms with van der Waals surface area (Å²) in [5.41, 5.74) is 1.68. The third kappa shape index (κ3) is 1.72. The van der Waals surface area contributed by atoms with Gasteiger partial charge in [0.25, 0.3) is 0 Å². The number of piperidine rings is 1. The first-order chi connectivity index (χ1) is 10.6. The second-order valence-electron chi connectivity index (χ2n) is 7.99. The van der Waals surface area contributed by atoms with Gasteiger partial charge in [-0.1, -0.05) is 19.1 Å². The molecule has 3 heteroatoms. The Kier molecular flexibility index (Phi) is 2.52. The maximum absolute atomic E-state index is 14.8. The Morgan fingerprint density at radius 1 is 1.36 bits per heavy atom. The minimum absolute atomic E-state index is 0.0197. The van der Waals surface area contributed by atoms with Gasteiger partial charge >= 0.3 is 0 Å². The van der Waals surface area contributed by atoms with Crippen LogP contribution in [0.25, 0.3) is 0 Å². The summed E-state index contributed by atoms with van der Waals surface area (Å²) >= 11 is 0. The van der Waals surface area contributed by atoms with Crippen molar-refractivity contribution < 1.29 is 9.18 Å². The van der Waals surface area contributed by atoms with Crippen LogP contribution in [0.5, 0.6) is 0 Å². The van der Waals surface area contributed by atoms with E-state index in [1.165, 1.54) is 12.8 Å². The smallest absolute Gasteiger partial charge is 0.141 e. The molecule has 1 saturated heterocycles. The lowest BCUT2D eigenvalue weighted by Gasteiger charge is -2.23. The second-order valence-corrected chi connectivity index (χ2v) is 7.99. The third-order valence-corrected chi connectivity index (χ3v) is 6.56. The molecule has 0 aromatic heterocycles. The average Bonchev–Trinajstić information content (AvgIpc) is 3.37. The van der Waals surface area contributed by atoms with Crippen LogP contribution in [0.1, 0.15) is 49.7 Å². The SMILES string of the molecule is CC1CC1C(=O)[C@H]1CNC2CC21c1ccc(C2CC2)cc1F. The Balaban J connectivity index is 1.49. The van der Waals surface area contributed by atoms with E-state index in [1.54, 1.807) is 6.07 Å². The van der Waals surface area contributed by atoms with Crippen LogP contribution in [-0.2, 0) is 10.2 Å². The van der Waals surface area contributed by atoms with Crippen molar-refractivity contribution in [2.24, 2.45) is 17.8 Å². The van der Waals surface area contributed by atoms with E-state index in [1.807, 2.05) is 6.07 Å². The highest BCUT2D eigenvalue weighted by Crippen LogP contribution is 2.60. The summed E-state index contributed by atoms with van der Waals surface area (Å²) in [6.45, 7) is 2.88.